The van der Waals surface area contributed by atoms with E-state index in [1.165, 1.54) is 11.1 Å². The molecule has 1 atom stereocenters. The molecule has 2 saturated heterocycles. The number of benzene rings is 3. The highest BCUT2D eigenvalue weighted by molar-refractivity contribution is 5.85. The van der Waals surface area contributed by atoms with Crippen LogP contribution in [-0.2, 0) is 22.4 Å². The number of aliphatic hydroxyl groups excluding tert-OH is 1. The number of piperazine rings is 1. The molecule has 2 N–H and O–H groups in total. The normalized spacial score (nSPS) is 16.2. The summed E-state index contributed by atoms with van der Waals surface area (Å²) in [6.07, 6.45) is 7.64. The van der Waals surface area contributed by atoms with Crippen molar-refractivity contribution in [3.05, 3.63) is 108 Å². The third-order valence-corrected chi connectivity index (χ3v) is 10.3. The molecule has 1 aromatic heterocycles. The highest BCUT2D eigenvalue weighted by Gasteiger charge is 2.36. The van der Waals surface area contributed by atoms with Crippen molar-refractivity contribution in [1.29, 1.82) is 0 Å². The second-order valence-corrected chi connectivity index (χ2v) is 14.2. The summed E-state index contributed by atoms with van der Waals surface area (Å²) in [5, 5.41) is 14.8. The first-order valence-electron chi connectivity index (χ1n) is 18.7. The van der Waals surface area contributed by atoms with Gasteiger partial charge in [-0.3, -0.25) is 24.4 Å². The van der Waals surface area contributed by atoms with Crippen LogP contribution in [0.5, 0.6) is 5.75 Å². The third-order valence-electron chi connectivity index (χ3n) is 10.3. The van der Waals surface area contributed by atoms with Crippen LogP contribution in [0.1, 0.15) is 36.8 Å². The number of aryl methyl sites for hydroxylation is 2. The van der Waals surface area contributed by atoms with Crippen LogP contribution in [0, 0.1) is 11.8 Å². The van der Waals surface area contributed by atoms with E-state index in [0.29, 0.717) is 38.6 Å². The molecule has 3 heterocycles. The lowest BCUT2D eigenvalue weighted by Gasteiger charge is -2.41. The summed E-state index contributed by atoms with van der Waals surface area (Å²) in [6.45, 7) is 5.88. The quantitative estimate of drug-likeness (QED) is 0.154. The van der Waals surface area contributed by atoms with Gasteiger partial charge in [-0.25, -0.2) is 0 Å². The van der Waals surface area contributed by atoms with E-state index in [1.807, 2.05) is 35.2 Å². The van der Waals surface area contributed by atoms with Crippen molar-refractivity contribution in [3.63, 3.8) is 0 Å². The smallest absolute Gasteiger partial charge is 0.236 e. The molecular formula is C42H53N5O4. The van der Waals surface area contributed by atoms with Crippen LogP contribution in [0.3, 0.4) is 0 Å². The summed E-state index contributed by atoms with van der Waals surface area (Å²) < 4.78 is 5.95. The van der Waals surface area contributed by atoms with Gasteiger partial charge in [0.05, 0.1) is 18.0 Å². The average Bonchev–Trinajstić information content (AvgIpc) is 3.14. The van der Waals surface area contributed by atoms with Gasteiger partial charge in [0.2, 0.25) is 11.8 Å². The van der Waals surface area contributed by atoms with E-state index in [-0.39, 0.29) is 24.3 Å². The number of hydrogen-bond acceptors (Lipinski definition) is 7. The molecule has 4 aromatic rings. The number of fused-ring (bicyclic) bond motifs is 1. The molecule has 9 heteroatoms. The molecule has 3 aromatic carbocycles. The van der Waals surface area contributed by atoms with Gasteiger partial charge < -0.3 is 20.1 Å². The standard InChI is InChI=1S/C42H53N5O4/c48-37(32-51-40-21-9-20-39-38(40)19-10-22-43-39)30-45-23-25-46(26-24-45)31-41(49)47-28-36(29-47)42(50)44-27-35(17-7-15-33-11-3-1-4-12-33)18-8-16-34-13-5-2-6-14-34/h1-6,9-14,19-22,35-37,48H,7-8,15-18,23-32H2,(H,44,50)/t37-/m1/s1. The zero-order chi connectivity index (χ0) is 35.3. The average molecular weight is 692 g/mol. The van der Waals surface area contributed by atoms with Crippen molar-refractivity contribution in [2.75, 3.05) is 65.5 Å². The fourth-order valence-electron chi connectivity index (χ4n) is 7.22. The van der Waals surface area contributed by atoms with Gasteiger partial charge >= 0.3 is 0 Å². The number of carbonyl (C=O) groups excluding carboxylic acids is 2. The van der Waals surface area contributed by atoms with Crippen molar-refractivity contribution < 1.29 is 19.4 Å². The monoisotopic (exact) mass is 691 g/mol. The summed E-state index contributed by atoms with van der Waals surface area (Å²) in [6, 6.07) is 30.8. The number of likely N-dealkylation sites (tertiary alicyclic amines) is 1. The maximum atomic E-state index is 13.1. The molecule has 51 heavy (non-hydrogen) atoms. The van der Waals surface area contributed by atoms with Gasteiger partial charge in [0.15, 0.2) is 0 Å². The van der Waals surface area contributed by atoms with Crippen molar-refractivity contribution in [2.45, 2.75) is 44.6 Å². The molecule has 0 saturated carbocycles. The number of pyridine rings is 1. The minimum Gasteiger partial charge on any atom is -0.490 e. The number of nitrogens with zero attached hydrogens (tertiary/aromatic N) is 4. The number of hydrogen-bond donors (Lipinski definition) is 2. The van der Waals surface area contributed by atoms with Crippen molar-refractivity contribution in [1.82, 2.24) is 25.0 Å². The van der Waals surface area contributed by atoms with E-state index >= 15 is 0 Å². The SMILES string of the molecule is O=C(NCC(CCCc1ccccc1)CCCc1ccccc1)C1CN(C(=O)CN2CCN(C[C@@H](O)COc3cccc4ncccc34)CC2)C1. The van der Waals surface area contributed by atoms with Gasteiger partial charge in [-0.1, -0.05) is 66.7 Å². The number of β-amino-alcohol motifs (C(OH)–C–C–N with tert-alkyl or cyclic N) is 1. The largest absolute Gasteiger partial charge is 0.490 e. The van der Waals surface area contributed by atoms with E-state index in [0.717, 1.165) is 81.4 Å². The first-order valence-corrected chi connectivity index (χ1v) is 18.7. The maximum absolute atomic E-state index is 13.1. The lowest BCUT2D eigenvalue weighted by Crippen LogP contribution is -2.59. The van der Waals surface area contributed by atoms with Crippen LogP contribution in [0.25, 0.3) is 10.9 Å². The number of aliphatic hydroxyl groups is 1. The topological polar surface area (TPSA) is 98.2 Å². The predicted octanol–water partition coefficient (Wildman–Crippen LogP) is 4.83. The van der Waals surface area contributed by atoms with Gasteiger partial charge in [-0.15, -0.1) is 0 Å². The molecule has 270 valence electrons. The number of rotatable bonds is 18. The Morgan fingerprint density at radius 2 is 1.45 bits per heavy atom. The van der Waals surface area contributed by atoms with Crippen LogP contribution in [0.15, 0.2) is 97.2 Å². The summed E-state index contributed by atoms with van der Waals surface area (Å²) in [5.41, 5.74) is 3.59. The Morgan fingerprint density at radius 3 is 2.12 bits per heavy atom. The Hall–Kier alpha value is -4.31. The predicted molar refractivity (Wildman–Crippen MR) is 201 cm³/mol. The molecule has 0 bridgehead atoms. The van der Waals surface area contributed by atoms with Crippen LogP contribution in [-0.4, -0.2) is 108 Å². The molecule has 0 spiro atoms. The van der Waals surface area contributed by atoms with E-state index in [4.69, 9.17) is 4.74 Å². The van der Waals surface area contributed by atoms with Crippen molar-refractivity contribution in [2.24, 2.45) is 11.8 Å². The van der Waals surface area contributed by atoms with E-state index < -0.39 is 6.10 Å². The van der Waals surface area contributed by atoms with Crippen LogP contribution in [0.4, 0.5) is 0 Å². The highest BCUT2D eigenvalue weighted by Crippen LogP contribution is 2.24. The Labute approximate surface area is 302 Å². The fraction of sp³-hybridized carbons (Fsp3) is 0.452. The molecule has 6 rings (SSSR count). The van der Waals surface area contributed by atoms with Crippen molar-refractivity contribution in [3.8, 4) is 5.75 Å². The van der Waals surface area contributed by atoms with E-state index in [1.54, 1.807) is 6.20 Å². The maximum Gasteiger partial charge on any atom is 0.236 e. The van der Waals surface area contributed by atoms with Gasteiger partial charge in [0.25, 0.3) is 0 Å². The number of carbonyl (C=O) groups is 2. The van der Waals surface area contributed by atoms with Crippen molar-refractivity contribution >= 4 is 22.7 Å². The molecule has 0 unspecified atom stereocenters. The van der Waals surface area contributed by atoms with Gasteiger partial charge in [0, 0.05) is 63.9 Å². The number of aromatic nitrogens is 1. The Morgan fingerprint density at radius 1 is 0.804 bits per heavy atom. The van der Waals surface area contributed by atoms with E-state index in [2.05, 4.69) is 80.8 Å². The molecule has 2 fully saturated rings. The second kappa shape index (κ2) is 18.8. The minimum atomic E-state index is -0.617. The number of ether oxygens (including phenoxy) is 1. The highest BCUT2D eigenvalue weighted by atomic mass is 16.5. The molecule has 0 radical (unpaired) electrons. The third kappa shape index (κ3) is 11.1. The molecule has 0 aliphatic carbocycles. The molecule has 2 amide bonds. The first-order chi connectivity index (χ1) is 25.0. The van der Waals surface area contributed by atoms with Gasteiger partial charge in [-0.2, -0.15) is 0 Å². The minimum absolute atomic E-state index is 0.0726. The van der Waals surface area contributed by atoms with Gasteiger partial charge in [0.1, 0.15) is 18.5 Å². The number of nitrogens with one attached hydrogen (secondary N) is 1. The van der Waals surface area contributed by atoms with Crippen LogP contribution in [0.2, 0.25) is 0 Å². The zero-order valence-corrected chi connectivity index (χ0v) is 29.7. The molecular weight excluding hydrogens is 638 g/mol. The second-order valence-electron chi connectivity index (χ2n) is 14.2. The summed E-state index contributed by atoms with van der Waals surface area (Å²) in [4.78, 5) is 36.7. The molecule has 9 nitrogen and oxygen atoms in total. The zero-order valence-electron chi connectivity index (χ0n) is 29.7. The Kier molecular flexibility index (Phi) is 13.4. The Balaban J connectivity index is 0.862. The summed E-state index contributed by atoms with van der Waals surface area (Å²) in [7, 11) is 0. The fourth-order valence-corrected chi connectivity index (χ4v) is 7.22. The summed E-state index contributed by atoms with van der Waals surface area (Å²) in [5.74, 6) is 1.19. The lowest BCUT2D eigenvalue weighted by molar-refractivity contribution is -0.144. The molecule has 2 aliphatic rings. The van der Waals surface area contributed by atoms with Gasteiger partial charge in [-0.05, 0) is 79.8 Å². The van der Waals surface area contributed by atoms with E-state index in [9.17, 15) is 14.7 Å². The first kappa shape index (κ1) is 36.5. The molecule has 2 aliphatic heterocycles. The number of amides is 2. The van der Waals surface area contributed by atoms with Crippen LogP contribution >= 0.6 is 0 Å². The Bertz CT molecular complexity index is 1610. The lowest BCUT2D eigenvalue weighted by atomic mass is 9.92. The summed E-state index contributed by atoms with van der Waals surface area (Å²) >= 11 is 0. The van der Waals surface area contributed by atoms with Crippen LogP contribution < -0.4 is 10.1 Å².